The van der Waals surface area contributed by atoms with Crippen LogP contribution in [-0.2, 0) is 28.2 Å². The molecule has 8 aromatic carbocycles. The minimum atomic E-state index is 0.541. The molecule has 4 heteroatoms. The summed E-state index contributed by atoms with van der Waals surface area (Å²) in [4.78, 5) is 0. The van der Waals surface area contributed by atoms with Gasteiger partial charge in [0, 0.05) is 69.8 Å². The molecule has 0 aliphatic rings. The van der Waals surface area contributed by atoms with Crippen molar-refractivity contribution in [2.75, 3.05) is 0 Å². The molecule has 428 valence electrons. The van der Waals surface area contributed by atoms with E-state index in [1.54, 1.807) is 0 Å². The van der Waals surface area contributed by atoms with E-state index in [9.17, 15) is 0 Å². The molecule has 0 aliphatic carbocycles. The fourth-order valence-corrected chi connectivity index (χ4v) is 11.1. The number of aromatic nitrogens is 4. The number of pyridine rings is 4. The van der Waals surface area contributed by atoms with E-state index in [2.05, 4.69) is 376 Å². The number of nitrogens with zero attached hydrogens (tertiary/aromatic N) is 4. The van der Waals surface area contributed by atoms with Gasteiger partial charge in [-0.25, -0.2) is 18.3 Å². The lowest BCUT2D eigenvalue weighted by atomic mass is 9.96. The van der Waals surface area contributed by atoms with Gasteiger partial charge < -0.3 is 0 Å². The smallest absolute Gasteiger partial charge is 0.201 e. The second kappa shape index (κ2) is 28.3. The summed E-state index contributed by atoms with van der Waals surface area (Å²) >= 11 is 0. The van der Waals surface area contributed by atoms with Crippen LogP contribution < -0.4 is 18.3 Å². The summed E-state index contributed by atoms with van der Waals surface area (Å²) in [6.45, 7) is 19.7. The first-order valence-corrected chi connectivity index (χ1v) is 30.1. The van der Waals surface area contributed by atoms with Crippen LogP contribution in [0.5, 0.6) is 0 Å². The van der Waals surface area contributed by atoms with Crippen molar-refractivity contribution in [2.24, 2.45) is 28.2 Å². The lowest BCUT2D eigenvalue weighted by molar-refractivity contribution is -0.660. The molecular formula is C82H84N4+4. The molecule has 4 heterocycles. The average molecular weight is 1130 g/mol. The Morgan fingerprint density at radius 1 is 0.244 bits per heavy atom. The number of hydrogen-bond donors (Lipinski definition) is 0. The topological polar surface area (TPSA) is 15.5 Å². The second-order valence-corrected chi connectivity index (χ2v) is 23.2. The summed E-state index contributed by atoms with van der Waals surface area (Å²) in [5, 5.41) is 0. The van der Waals surface area contributed by atoms with Crippen molar-refractivity contribution >= 4 is 0 Å². The molecular weight excluding hydrogens is 1040 g/mol. The highest BCUT2D eigenvalue weighted by molar-refractivity contribution is 5.75. The monoisotopic (exact) mass is 1120 g/mol. The van der Waals surface area contributed by atoms with Gasteiger partial charge in [-0.05, 0) is 169 Å². The first-order valence-electron chi connectivity index (χ1n) is 30.1. The summed E-state index contributed by atoms with van der Waals surface area (Å²) in [6.07, 6.45) is 8.62. The van der Waals surface area contributed by atoms with Crippen molar-refractivity contribution in [3.05, 3.63) is 312 Å². The molecule has 0 saturated heterocycles. The lowest BCUT2D eigenvalue weighted by Gasteiger charge is -2.10. The van der Waals surface area contributed by atoms with Crippen molar-refractivity contribution in [3.8, 4) is 89.5 Å². The molecule has 12 aromatic rings. The molecule has 86 heavy (non-hydrogen) atoms. The summed E-state index contributed by atoms with van der Waals surface area (Å²) in [7, 11) is 8.43. The minimum absolute atomic E-state index is 0.541. The summed E-state index contributed by atoms with van der Waals surface area (Å²) in [6, 6.07) is 86.5. The Bertz CT molecular complexity index is 4240. The van der Waals surface area contributed by atoms with E-state index in [4.69, 9.17) is 0 Å². The number of aryl methyl sites for hydroxylation is 11. The van der Waals surface area contributed by atoms with E-state index in [1.165, 1.54) is 134 Å². The van der Waals surface area contributed by atoms with Gasteiger partial charge in [-0.3, -0.25) is 0 Å². The molecule has 0 radical (unpaired) electrons. The summed E-state index contributed by atoms with van der Waals surface area (Å²) in [5.74, 6) is 0.541. The molecule has 0 aliphatic heterocycles. The van der Waals surface area contributed by atoms with Gasteiger partial charge in [0.2, 0.25) is 22.8 Å². The maximum Gasteiger partial charge on any atom is 0.212 e. The average Bonchev–Trinajstić information content (AvgIpc) is 3.52. The van der Waals surface area contributed by atoms with E-state index < -0.39 is 0 Å². The third-order valence-corrected chi connectivity index (χ3v) is 16.4. The van der Waals surface area contributed by atoms with E-state index in [-0.39, 0.29) is 0 Å². The Kier molecular flexibility index (Phi) is 20.0. The van der Waals surface area contributed by atoms with Gasteiger partial charge in [0.25, 0.3) is 0 Å². The zero-order valence-electron chi connectivity index (χ0n) is 52.8. The molecule has 0 atom stereocenters. The van der Waals surface area contributed by atoms with Crippen molar-refractivity contribution < 1.29 is 18.3 Å². The molecule has 4 aromatic heterocycles. The Morgan fingerprint density at radius 2 is 0.640 bits per heavy atom. The van der Waals surface area contributed by atoms with Crippen LogP contribution in [0.15, 0.2) is 267 Å². The quantitative estimate of drug-likeness (QED) is 0.128. The third-order valence-electron chi connectivity index (χ3n) is 16.4. The molecule has 0 fully saturated rings. The number of hydrogen-bond acceptors (Lipinski definition) is 0. The third kappa shape index (κ3) is 15.0. The first-order chi connectivity index (χ1) is 41.5. The van der Waals surface area contributed by atoms with Gasteiger partial charge in [0.05, 0.1) is 0 Å². The predicted molar refractivity (Wildman–Crippen MR) is 361 cm³/mol. The maximum absolute atomic E-state index is 2.31. The van der Waals surface area contributed by atoms with Crippen molar-refractivity contribution in [1.82, 2.24) is 0 Å². The van der Waals surface area contributed by atoms with Crippen LogP contribution in [-0.4, -0.2) is 0 Å². The molecule has 0 unspecified atom stereocenters. The first kappa shape index (κ1) is 60.9. The maximum atomic E-state index is 2.31. The van der Waals surface area contributed by atoms with Crippen molar-refractivity contribution in [3.63, 3.8) is 0 Å². The van der Waals surface area contributed by atoms with Crippen LogP contribution in [0.25, 0.3) is 89.5 Å². The van der Waals surface area contributed by atoms with Crippen LogP contribution in [0, 0.1) is 48.5 Å². The van der Waals surface area contributed by atoms with Crippen LogP contribution in [0.4, 0.5) is 0 Å². The predicted octanol–water partition coefficient (Wildman–Crippen LogP) is 18.7. The largest absolute Gasteiger partial charge is 0.212 e. The van der Waals surface area contributed by atoms with Crippen LogP contribution in [0.1, 0.15) is 64.3 Å². The Labute approximate surface area is 513 Å². The second-order valence-electron chi connectivity index (χ2n) is 23.2. The molecule has 12 rings (SSSR count). The van der Waals surface area contributed by atoms with Gasteiger partial charge in [-0.1, -0.05) is 184 Å². The standard InChI is InChI=1S/C22H24N.C21H22N.C20H20N.C19H18N/c1-16(2)19-12-13-23(4)22(15-19)21-11-10-20(14-17(21)3)18-8-6-5-7-9-18;1-15-13-21(22(4)14-17(15)3)20-11-10-19(12-16(20)2)18-8-6-5-7-9-18;1-15-9-12-20(21(3)14-15)19-13-18(11-10-16(19)2)17-7-5-4-6-8-17;1-15-11-12-17(16-8-4-3-5-9-16)14-18(15)19-10-6-7-13-20(19)2/h5-16H,1-4H3;5-14H,1-4H3;4-14H,1-3H3;3-14H,1-2H3/q4*+1. The summed E-state index contributed by atoms with van der Waals surface area (Å²) < 4.78 is 8.78. The fraction of sp³-hybridized carbons (Fsp3) is 0.171. The van der Waals surface area contributed by atoms with Crippen molar-refractivity contribution in [1.29, 1.82) is 0 Å². The van der Waals surface area contributed by atoms with Gasteiger partial charge in [0.1, 0.15) is 28.2 Å². The zero-order valence-corrected chi connectivity index (χ0v) is 52.8. The van der Waals surface area contributed by atoms with Crippen molar-refractivity contribution in [2.45, 2.75) is 68.2 Å². The van der Waals surface area contributed by atoms with Gasteiger partial charge >= 0.3 is 0 Å². The van der Waals surface area contributed by atoms with Crippen LogP contribution in [0.3, 0.4) is 0 Å². The van der Waals surface area contributed by atoms with E-state index >= 15 is 0 Å². The highest BCUT2D eigenvalue weighted by Gasteiger charge is 2.19. The Hall–Kier alpha value is -9.64. The highest BCUT2D eigenvalue weighted by Crippen LogP contribution is 2.32. The molecule has 4 nitrogen and oxygen atoms in total. The molecule has 0 spiro atoms. The molecule has 0 saturated carbocycles. The number of rotatable bonds is 9. The van der Waals surface area contributed by atoms with Gasteiger partial charge in [-0.15, -0.1) is 0 Å². The fourth-order valence-electron chi connectivity index (χ4n) is 11.1. The molecule has 0 amide bonds. The molecule has 0 bridgehead atoms. The zero-order chi connectivity index (χ0) is 60.9. The van der Waals surface area contributed by atoms with Crippen LogP contribution >= 0.6 is 0 Å². The Balaban J connectivity index is 0.000000137. The lowest BCUT2D eigenvalue weighted by Crippen LogP contribution is -2.31. The minimum Gasteiger partial charge on any atom is -0.201 e. The highest BCUT2D eigenvalue weighted by atomic mass is 14.9. The SMILES string of the molecule is Cc1cc(-c2ccc(-c3ccccc3)cc2C)[n+](C)cc1C.Cc1cc(-c2ccccc2)ccc1-c1cc(C(C)C)cc[n+]1C.Cc1ccc(-c2cc(-c3ccccc3)ccc2C)[n+](C)c1.Cc1ccc(-c2ccccc2)cc1-c1cccc[n+]1C. The Morgan fingerprint density at radius 3 is 1.07 bits per heavy atom. The van der Waals surface area contributed by atoms with Crippen LogP contribution in [0.2, 0.25) is 0 Å². The summed E-state index contributed by atoms with van der Waals surface area (Å²) in [5.41, 5.74) is 30.8. The van der Waals surface area contributed by atoms with Gasteiger partial charge in [0.15, 0.2) is 24.8 Å². The number of benzene rings is 8. The van der Waals surface area contributed by atoms with Gasteiger partial charge in [-0.2, -0.15) is 0 Å². The van der Waals surface area contributed by atoms with E-state index in [0.717, 1.165) is 0 Å². The van der Waals surface area contributed by atoms with E-state index in [0.29, 0.717) is 5.92 Å². The van der Waals surface area contributed by atoms with E-state index in [1.807, 2.05) is 0 Å². The normalized spacial score (nSPS) is 10.7. The molecule has 0 N–H and O–H groups in total.